The summed E-state index contributed by atoms with van der Waals surface area (Å²) in [7, 11) is 1.88. The average molecular weight is 298 g/mol. The van der Waals surface area contributed by atoms with E-state index in [9.17, 15) is 0 Å². The summed E-state index contributed by atoms with van der Waals surface area (Å²) in [5.41, 5.74) is 7.59. The molecule has 1 fully saturated rings. The predicted octanol–water partition coefficient (Wildman–Crippen LogP) is 0.474. The third-order valence-corrected chi connectivity index (χ3v) is 3.63. The van der Waals surface area contributed by atoms with Crippen LogP contribution in [0.2, 0.25) is 0 Å². The van der Waals surface area contributed by atoms with E-state index >= 15 is 0 Å². The molecule has 3 rings (SSSR count). The quantitative estimate of drug-likeness (QED) is 0.796. The molecule has 20 heavy (non-hydrogen) atoms. The summed E-state index contributed by atoms with van der Waals surface area (Å²) in [5, 5.41) is 8.81. The van der Waals surface area contributed by atoms with Crippen molar-refractivity contribution in [1.82, 2.24) is 25.1 Å². The van der Waals surface area contributed by atoms with E-state index in [1.165, 1.54) is 0 Å². The number of nitrogens with one attached hydrogen (secondary N) is 1. The van der Waals surface area contributed by atoms with Gasteiger partial charge in [0.15, 0.2) is 5.65 Å². The summed E-state index contributed by atoms with van der Waals surface area (Å²) in [4.78, 5) is 11.0. The van der Waals surface area contributed by atoms with Crippen molar-refractivity contribution in [2.24, 2.45) is 7.05 Å². The molecule has 0 aromatic carbocycles. The number of anilines is 2. The van der Waals surface area contributed by atoms with Gasteiger partial charge in [0.25, 0.3) is 0 Å². The Morgan fingerprint density at radius 3 is 2.80 bits per heavy atom. The van der Waals surface area contributed by atoms with E-state index in [1.54, 1.807) is 4.68 Å². The number of nitrogens with zero attached hydrogens (tertiary/aromatic N) is 5. The predicted molar refractivity (Wildman–Crippen MR) is 82.4 cm³/mol. The van der Waals surface area contributed by atoms with Gasteiger partial charge in [0.2, 0.25) is 5.95 Å². The van der Waals surface area contributed by atoms with Crippen LogP contribution in [0.1, 0.15) is 12.6 Å². The average Bonchev–Trinajstić information content (AvgIpc) is 2.65. The summed E-state index contributed by atoms with van der Waals surface area (Å²) in [5.74, 6) is 1.21. The van der Waals surface area contributed by atoms with Crippen molar-refractivity contribution in [2.45, 2.75) is 19.9 Å². The van der Waals surface area contributed by atoms with Crippen LogP contribution in [0.5, 0.6) is 0 Å². The molecule has 0 aliphatic carbocycles. The van der Waals surface area contributed by atoms with Crippen molar-refractivity contribution in [3.8, 4) is 0 Å². The molecule has 3 heterocycles. The van der Waals surface area contributed by atoms with Gasteiger partial charge < -0.3 is 16.0 Å². The Balaban J connectivity index is 0.00000147. The number of aromatic nitrogens is 4. The molecule has 0 bridgehead atoms. The molecule has 1 atom stereocenters. The number of piperazine rings is 1. The number of rotatable bonds is 1. The normalized spacial score (nSPS) is 19.1. The van der Waals surface area contributed by atoms with Crippen LogP contribution >= 0.6 is 12.4 Å². The number of aryl methyl sites for hydroxylation is 2. The van der Waals surface area contributed by atoms with Crippen LogP contribution in [0, 0.1) is 6.92 Å². The van der Waals surface area contributed by atoms with Crippen molar-refractivity contribution in [1.29, 1.82) is 0 Å². The Hall–Kier alpha value is -1.60. The lowest BCUT2D eigenvalue weighted by Crippen LogP contribution is -2.50. The fourth-order valence-corrected chi connectivity index (χ4v) is 2.70. The van der Waals surface area contributed by atoms with E-state index in [0.717, 1.165) is 42.2 Å². The van der Waals surface area contributed by atoms with Gasteiger partial charge in [-0.15, -0.1) is 12.4 Å². The Morgan fingerprint density at radius 1 is 1.35 bits per heavy atom. The summed E-state index contributed by atoms with van der Waals surface area (Å²) < 4.78 is 1.76. The minimum Gasteiger partial charge on any atom is -0.368 e. The smallest absolute Gasteiger partial charge is 0.224 e. The summed E-state index contributed by atoms with van der Waals surface area (Å²) in [6.07, 6.45) is 0. The molecule has 0 radical (unpaired) electrons. The van der Waals surface area contributed by atoms with Crippen molar-refractivity contribution in [3.05, 3.63) is 5.69 Å². The zero-order valence-corrected chi connectivity index (χ0v) is 12.7. The van der Waals surface area contributed by atoms with E-state index in [2.05, 4.69) is 32.2 Å². The molecular weight excluding hydrogens is 278 g/mol. The minimum atomic E-state index is 0. The highest BCUT2D eigenvalue weighted by Gasteiger charge is 2.24. The van der Waals surface area contributed by atoms with Crippen LogP contribution in [-0.2, 0) is 7.05 Å². The van der Waals surface area contributed by atoms with Gasteiger partial charge in [-0.25, -0.2) is 4.68 Å². The molecule has 1 unspecified atom stereocenters. The molecule has 0 saturated carbocycles. The second kappa shape index (κ2) is 5.41. The zero-order chi connectivity index (χ0) is 13.6. The molecule has 8 heteroatoms. The molecule has 110 valence electrons. The standard InChI is InChI=1S/C12H19N7.ClH/c1-7-6-14-4-5-19(7)11-9-8(2)17-18(3)10(9)15-12(13)16-11;/h7,14H,4-6H2,1-3H3,(H2,13,15,16);1H. The zero-order valence-electron chi connectivity index (χ0n) is 11.9. The topological polar surface area (TPSA) is 84.9 Å². The van der Waals surface area contributed by atoms with Crippen molar-refractivity contribution >= 4 is 35.2 Å². The van der Waals surface area contributed by atoms with Crippen LogP contribution < -0.4 is 16.0 Å². The number of hydrogen-bond donors (Lipinski definition) is 2. The van der Waals surface area contributed by atoms with E-state index in [-0.39, 0.29) is 12.4 Å². The van der Waals surface area contributed by atoms with E-state index < -0.39 is 0 Å². The molecule has 0 amide bonds. The number of nitrogens with two attached hydrogens (primary N) is 1. The third-order valence-electron chi connectivity index (χ3n) is 3.63. The Morgan fingerprint density at radius 2 is 2.10 bits per heavy atom. The Kier molecular flexibility index (Phi) is 4.01. The lowest BCUT2D eigenvalue weighted by atomic mass is 10.2. The van der Waals surface area contributed by atoms with Crippen LogP contribution in [0.25, 0.3) is 11.0 Å². The SMILES string of the molecule is Cc1nn(C)c2nc(N)nc(N3CCNCC3C)c12.Cl. The van der Waals surface area contributed by atoms with Crippen LogP contribution in [0.15, 0.2) is 0 Å². The highest BCUT2D eigenvalue weighted by molar-refractivity contribution is 5.90. The maximum atomic E-state index is 5.85. The van der Waals surface area contributed by atoms with Gasteiger partial charge in [0.1, 0.15) is 5.82 Å². The summed E-state index contributed by atoms with van der Waals surface area (Å²) in [6.45, 7) is 6.99. The summed E-state index contributed by atoms with van der Waals surface area (Å²) >= 11 is 0. The maximum absolute atomic E-state index is 5.85. The van der Waals surface area contributed by atoms with Gasteiger partial charge in [0, 0.05) is 32.7 Å². The first-order chi connectivity index (χ1) is 9.08. The van der Waals surface area contributed by atoms with Gasteiger partial charge in [-0.2, -0.15) is 15.1 Å². The van der Waals surface area contributed by atoms with Gasteiger partial charge >= 0.3 is 0 Å². The lowest BCUT2D eigenvalue weighted by Gasteiger charge is -2.35. The maximum Gasteiger partial charge on any atom is 0.224 e. The van der Waals surface area contributed by atoms with Crippen LogP contribution in [-0.4, -0.2) is 45.4 Å². The Labute approximate surface area is 124 Å². The molecule has 1 saturated heterocycles. The molecule has 1 aliphatic rings. The molecule has 1 aliphatic heterocycles. The molecule has 7 nitrogen and oxygen atoms in total. The molecule has 0 spiro atoms. The highest BCUT2D eigenvalue weighted by Crippen LogP contribution is 2.28. The van der Waals surface area contributed by atoms with Crippen molar-refractivity contribution < 1.29 is 0 Å². The van der Waals surface area contributed by atoms with E-state index in [0.29, 0.717) is 12.0 Å². The fraction of sp³-hybridized carbons (Fsp3) is 0.583. The van der Waals surface area contributed by atoms with Gasteiger partial charge in [-0.3, -0.25) is 0 Å². The number of nitrogen functional groups attached to an aromatic ring is 1. The van der Waals surface area contributed by atoms with E-state index in [4.69, 9.17) is 5.73 Å². The fourth-order valence-electron chi connectivity index (χ4n) is 2.70. The first kappa shape index (κ1) is 14.8. The first-order valence-electron chi connectivity index (χ1n) is 6.52. The largest absolute Gasteiger partial charge is 0.368 e. The van der Waals surface area contributed by atoms with Crippen molar-refractivity contribution in [2.75, 3.05) is 30.3 Å². The monoisotopic (exact) mass is 297 g/mol. The third kappa shape index (κ3) is 2.27. The van der Waals surface area contributed by atoms with Gasteiger partial charge in [-0.05, 0) is 13.8 Å². The lowest BCUT2D eigenvalue weighted by molar-refractivity contribution is 0.498. The molecular formula is C12H20ClN7. The summed E-state index contributed by atoms with van der Waals surface area (Å²) in [6, 6.07) is 0.380. The van der Waals surface area contributed by atoms with Crippen molar-refractivity contribution in [3.63, 3.8) is 0 Å². The molecule has 3 N–H and O–H groups in total. The molecule has 2 aromatic rings. The molecule has 2 aromatic heterocycles. The van der Waals surface area contributed by atoms with Crippen LogP contribution in [0.4, 0.5) is 11.8 Å². The number of hydrogen-bond acceptors (Lipinski definition) is 6. The van der Waals surface area contributed by atoms with E-state index in [1.807, 2.05) is 14.0 Å². The minimum absolute atomic E-state index is 0. The van der Waals surface area contributed by atoms with Gasteiger partial charge in [-0.1, -0.05) is 0 Å². The number of halogens is 1. The second-order valence-electron chi connectivity index (χ2n) is 5.06. The van der Waals surface area contributed by atoms with Gasteiger partial charge in [0.05, 0.1) is 11.1 Å². The highest BCUT2D eigenvalue weighted by atomic mass is 35.5. The second-order valence-corrected chi connectivity index (χ2v) is 5.06. The number of fused-ring (bicyclic) bond motifs is 1. The Bertz CT molecular complexity index is 624. The first-order valence-corrected chi connectivity index (χ1v) is 6.52. The van der Waals surface area contributed by atoms with Crippen LogP contribution in [0.3, 0.4) is 0 Å².